The second-order valence-corrected chi connectivity index (χ2v) is 8.38. The molecule has 1 aromatic carbocycles. The van der Waals surface area contributed by atoms with Crippen molar-refractivity contribution in [3.05, 3.63) is 28.5 Å². The minimum absolute atomic E-state index is 0.0126. The normalized spacial score (nSPS) is 22.9. The van der Waals surface area contributed by atoms with E-state index in [0.717, 1.165) is 19.3 Å². The van der Waals surface area contributed by atoms with Crippen LogP contribution < -0.4 is 0 Å². The van der Waals surface area contributed by atoms with Gasteiger partial charge in [0.1, 0.15) is 10.7 Å². The third-order valence-corrected chi connectivity index (χ3v) is 6.34. The van der Waals surface area contributed by atoms with E-state index in [-0.39, 0.29) is 16.9 Å². The average Bonchev–Trinajstić information content (AvgIpc) is 3.11. The van der Waals surface area contributed by atoms with Crippen LogP contribution in [-0.4, -0.2) is 38.5 Å². The van der Waals surface area contributed by atoms with Gasteiger partial charge in [0, 0.05) is 23.7 Å². The summed E-state index contributed by atoms with van der Waals surface area (Å²) in [6.07, 6.45) is 2.57. The molecule has 2 fully saturated rings. The summed E-state index contributed by atoms with van der Waals surface area (Å²) in [7, 11) is -3.79. The molecule has 4 nitrogen and oxygen atoms in total. The van der Waals surface area contributed by atoms with Gasteiger partial charge in [0.2, 0.25) is 10.0 Å². The fourth-order valence-electron chi connectivity index (χ4n) is 2.60. The standard InChI is InChI=1S/C14H17BrFNO3S/c15-11-1-4-14(13(16)7-11)21(18,19)17(12-2-3-12)8-10-5-6-20-9-10/h1,4,7,10,12H,2-3,5-6,8-9H2. The number of sulfonamides is 1. The van der Waals surface area contributed by atoms with Crippen LogP contribution in [0.5, 0.6) is 0 Å². The first-order valence-corrected chi connectivity index (χ1v) is 9.26. The van der Waals surface area contributed by atoms with Crippen molar-refractivity contribution in [3.63, 3.8) is 0 Å². The van der Waals surface area contributed by atoms with Crippen LogP contribution in [0.4, 0.5) is 4.39 Å². The van der Waals surface area contributed by atoms with Gasteiger partial charge in [0.15, 0.2) is 0 Å². The number of hydrogen-bond donors (Lipinski definition) is 0. The molecule has 3 rings (SSSR count). The Morgan fingerprint density at radius 1 is 1.33 bits per heavy atom. The molecule has 2 aliphatic rings. The van der Waals surface area contributed by atoms with Gasteiger partial charge in [-0.15, -0.1) is 0 Å². The maximum absolute atomic E-state index is 14.0. The summed E-state index contributed by atoms with van der Waals surface area (Å²) in [5.41, 5.74) is 0. The highest BCUT2D eigenvalue weighted by molar-refractivity contribution is 9.10. The maximum Gasteiger partial charge on any atom is 0.246 e. The number of nitrogens with zero attached hydrogens (tertiary/aromatic N) is 1. The Bertz CT molecular complexity index is 627. The topological polar surface area (TPSA) is 46.6 Å². The third-order valence-electron chi connectivity index (χ3n) is 3.90. The summed E-state index contributed by atoms with van der Waals surface area (Å²) in [4.78, 5) is -0.239. The Morgan fingerprint density at radius 2 is 2.10 bits per heavy atom. The minimum Gasteiger partial charge on any atom is -0.381 e. The van der Waals surface area contributed by atoms with E-state index in [1.54, 1.807) is 6.07 Å². The molecule has 1 aromatic rings. The lowest BCUT2D eigenvalue weighted by Crippen LogP contribution is -2.37. The van der Waals surface area contributed by atoms with Crippen molar-refractivity contribution < 1.29 is 17.5 Å². The van der Waals surface area contributed by atoms with Crippen LogP contribution in [0.2, 0.25) is 0 Å². The number of benzene rings is 1. The molecule has 21 heavy (non-hydrogen) atoms. The molecule has 1 aliphatic heterocycles. The molecule has 0 spiro atoms. The van der Waals surface area contributed by atoms with Crippen molar-refractivity contribution >= 4 is 26.0 Å². The molecular weight excluding hydrogens is 361 g/mol. The van der Waals surface area contributed by atoms with Gasteiger partial charge in [-0.05, 0) is 43.4 Å². The summed E-state index contributed by atoms with van der Waals surface area (Å²) >= 11 is 3.15. The van der Waals surface area contributed by atoms with Crippen LogP contribution in [0.1, 0.15) is 19.3 Å². The van der Waals surface area contributed by atoms with Crippen molar-refractivity contribution in [2.45, 2.75) is 30.2 Å². The highest BCUT2D eigenvalue weighted by Crippen LogP contribution is 2.34. The van der Waals surface area contributed by atoms with Crippen LogP contribution in [0, 0.1) is 11.7 Å². The molecule has 1 aliphatic carbocycles. The van der Waals surface area contributed by atoms with Gasteiger partial charge in [-0.25, -0.2) is 12.8 Å². The summed E-state index contributed by atoms with van der Waals surface area (Å²) in [5.74, 6) is -0.503. The van der Waals surface area contributed by atoms with E-state index in [1.807, 2.05) is 0 Å². The molecule has 1 atom stereocenters. The van der Waals surface area contributed by atoms with Gasteiger partial charge in [-0.1, -0.05) is 15.9 Å². The van der Waals surface area contributed by atoms with E-state index in [1.165, 1.54) is 16.4 Å². The number of hydrogen-bond acceptors (Lipinski definition) is 3. The molecule has 0 radical (unpaired) electrons. The van der Waals surface area contributed by atoms with Gasteiger partial charge in [-0.3, -0.25) is 0 Å². The Labute approximate surface area is 132 Å². The molecule has 116 valence electrons. The molecule has 1 saturated carbocycles. The van der Waals surface area contributed by atoms with Gasteiger partial charge >= 0.3 is 0 Å². The molecule has 0 amide bonds. The number of ether oxygens (including phenoxy) is 1. The van der Waals surface area contributed by atoms with Gasteiger partial charge < -0.3 is 4.74 Å². The summed E-state index contributed by atoms with van der Waals surface area (Å²) in [5, 5.41) is 0. The van der Waals surface area contributed by atoms with Crippen LogP contribution in [0.15, 0.2) is 27.6 Å². The van der Waals surface area contributed by atoms with E-state index in [2.05, 4.69) is 15.9 Å². The molecule has 7 heteroatoms. The predicted octanol–water partition coefficient (Wildman–Crippen LogP) is 2.78. The lowest BCUT2D eigenvalue weighted by atomic mass is 10.1. The summed E-state index contributed by atoms with van der Waals surface area (Å²) < 4.78 is 46.9. The predicted molar refractivity (Wildman–Crippen MR) is 79.9 cm³/mol. The third kappa shape index (κ3) is 3.31. The fraction of sp³-hybridized carbons (Fsp3) is 0.571. The van der Waals surface area contributed by atoms with E-state index in [4.69, 9.17) is 4.74 Å². The molecule has 1 saturated heterocycles. The molecule has 0 aromatic heterocycles. The lowest BCUT2D eigenvalue weighted by molar-refractivity contribution is 0.180. The number of rotatable bonds is 5. The largest absolute Gasteiger partial charge is 0.381 e. The second kappa shape index (κ2) is 5.95. The van der Waals surface area contributed by atoms with Crippen LogP contribution in [0.25, 0.3) is 0 Å². The second-order valence-electron chi connectivity index (χ2n) is 5.61. The lowest BCUT2D eigenvalue weighted by Gasteiger charge is -2.24. The Kier molecular flexibility index (Phi) is 4.36. The Hall–Kier alpha value is -0.500. The quantitative estimate of drug-likeness (QED) is 0.792. The first kappa shape index (κ1) is 15.4. The van der Waals surface area contributed by atoms with Crippen molar-refractivity contribution in [3.8, 4) is 0 Å². The monoisotopic (exact) mass is 377 g/mol. The van der Waals surface area contributed by atoms with E-state index >= 15 is 0 Å². The zero-order chi connectivity index (χ0) is 15.0. The Balaban J connectivity index is 1.89. The van der Waals surface area contributed by atoms with Crippen LogP contribution in [-0.2, 0) is 14.8 Å². The van der Waals surface area contributed by atoms with E-state index < -0.39 is 15.8 Å². The van der Waals surface area contributed by atoms with Crippen LogP contribution >= 0.6 is 15.9 Å². The fourth-order valence-corrected chi connectivity index (χ4v) is 4.74. The highest BCUT2D eigenvalue weighted by atomic mass is 79.9. The molecule has 1 heterocycles. The van der Waals surface area contributed by atoms with Crippen molar-refractivity contribution in [2.75, 3.05) is 19.8 Å². The van der Waals surface area contributed by atoms with Crippen molar-refractivity contribution in [1.29, 1.82) is 0 Å². The zero-order valence-corrected chi connectivity index (χ0v) is 13.9. The van der Waals surface area contributed by atoms with Gasteiger partial charge in [0.25, 0.3) is 0 Å². The Morgan fingerprint density at radius 3 is 2.67 bits per heavy atom. The van der Waals surface area contributed by atoms with E-state index in [0.29, 0.717) is 24.2 Å². The van der Waals surface area contributed by atoms with E-state index in [9.17, 15) is 12.8 Å². The molecule has 0 N–H and O–H groups in total. The average molecular weight is 378 g/mol. The SMILES string of the molecule is O=S(=O)(c1ccc(Br)cc1F)N(CC1CCOC1)C1CC1. The summed E-state index contributed by atoms with van der Waals surface area (Å²) in [6, 6.07) is 4.09. The smallest absolute Gasteiger partial charge is 0.246 e. The minimum atomic E-state index is -3.79. The summed E-state index contributed by atoms with van der Waals surface area (Å²) in [6.45, 7) is 1.68. The van der Waals surface area contributed by atoms with Crippen molar-refractivity contribution in [2.24, 2.45) is 5.92 Å². The van der Waals surface area contributed by atoms with Gasteiger partial charge in [0.05, 0.1) is 6.61 Å². The molecule has 0 bridgehead atoms. The van der Waals surface area contributed by atoms with Gasteiger partial charge in [-0.2, -0.15) is 4.31 Å². The first-order chi connectivity index (χ1) is 9.98. The number of halogens is 2. The highest BCUT2D eigenvalue weighted by Gasteiger charge is 2.40. The molecule has 1 unspecified atom stereocenters. The first-order valence-electron chi connectivity index (χ1n) is 7.03. The van der Waals surface area contributed by atoms with Crippen LogP contribution in [0.3, 0.4) is 0 Å². The molecular formula is C14H17BrFNO3S. The van der Waals surface area contributed by atoms with Crippen molar-refractivity contribution in [1.82, 2.24) is 4.31 Å². The zero-order valence-electron chi connectivity index (χ0n) is 11.5. The maximum atomic E-state index is 14.0.